The third-order valence-corrected chi connectivity index (χ3v) is 6.26. The van der Waals surface area contributed by atoms with Crippen LogP contribution < -0.4 is 5.32 Å². The molecule has 0 heterocycles. The SMILES string of the molecule is Cc1ccc([C@H](C)NC2C3(C)CCC(C3)C2(C)C)cc1. The summed E-state index contributed by atoms with van der Waals surface area (Å²) in [7, 11) is 0. The van der Waals surface area contributed by atoms with Crippen LogP contribution in [0.4, 0.5) is 0 Å². The van der Waals surface area contributed by atoms with E-state index in [1.54, 1.807) is 0 Å². The quantitative estimate of drug-likeness (QED) is 0.827. The minimum atomic E-state index is 0.436. The lowest BCUT2D eigenvalue weighted by atomic mass is 9.68. The van der Waals surface area contributed by atoms with Crippen LogP contribution in [0.3, 0.4) is 0 Å². The molecule has 0 spiro atoms. The van der Waals surface area contributed by atoms with Gasteiger partial charge in [-0.2, -0.15) is 0 Å². The lowest BCUT2D eigenvalue weighted by Gasteiger charge is -2.44. The van der Waals surface area contributed by atoms with Gasteiger partial charge in [0.05, 0.1) is 0 Å². The third-order valence-electron chi connectivity index (χ3n) is 6.26. The van der Waals surface area contributed by atoms with Gasteiger partial charge in [-0.1, -0.05) is 50.6 Å². The van der Waals surface area contributed by atoms with Crippen LogP contribution in [-0.2, 0) is 0 Å². The number of aryl methyl sites for hydroxylation is 1. The zero-order chi connectivity index (χ0) is 14.5. The van der Waals surface area contributed by atoms with Gasteiger partial charge in [-0.3, -0.25) is 0 Å². The van der Waals surface area contributed by atoms with Crippen LogP contribution in [0.5, 0.6) is 0 Å². The Labute approximate surface area is 124 Å². The summed E-state index contributed by atoms with van der Waals surface area (Å²) in [6.07, 6.45) is 4.25. The molecule has 2 aliphatic rings. The van der Waals surface area contributed by atoms with Crippen LogP contribution in [0, 0.1) is 23.7 Å². The van der Waals surface area contributed by atoms with Gasteiger partial charge in [-0.05, 0) is 55.4 Å². The van der Waals surface area contributed by atoms with Gasteiger partial charge in [0, 0.05) is 12.1 Å². The van der Waals surface area contributed by atoms with Crippen LogP contribution in [0.15, 0.2) is 24.3 Å². The minimum Gasteiger partial charge on any atom is -0.306 e. The molecule has 2 bridgehead atoms. The number of rotatable bonds is 3. The normalized spacial score (nSPS) is 36.2. The Bertz CT molecular complexity index is 482. The molecule has 1 aromatic rings. The van der Waals surface area contributed by atoms with E-state index in [1.807, 2.05) is 0 Å². The number of hydrogen-bond acceptors (Lipinski definition) is 1. The fourth-order valence-electron chi connectivity index (χ4n) is 4.92. The van der Waals surface area contributed by atoms with E-state index < -0.39 is 0 Å². The molecule has 0 aliphatic heterocycles. The molecule has 2 aliphatic carbocycles. The zero-order valence-electron chi connectivity index (χ0n) is 13.7. The van der Waals surface area contributed by atoms with Crippen LogP contribution in [-0.4, -0.2) is 6.04 Å². The van der Waals surface area contributed by atoms with Crippen molar-refractivity contribution in [3.63, 3.8) is 0 Å². The maximum Gasteiger partial charge on any atom is 0.0294 e. The summed E-state index contributed by atoms with van der Waals surface area (Å²) in [5.74, 6) is 0.912. The highest BCUT2D eigenvalue weighted by Crippen LogP contribution is 2.62. The summed E-state index contributed by atoms with van der Waals surface area (Å²) in [4.78, 5) is 0. The van der Waals surface area contributed by atoms with Crippen molar-refractivity contribution in [2.24, 2.45) is 16.7 Å². The Kier molecular flexibility index (Phi) is 3.25. The highest BCUT2D eigenvalue weighted by Gasteiger charge is 2.59. The summed E-state index contributed by atoms with van der Waals surface area (Å²) in [6, 6.07) is 10.1. The van der Waals surface area contributed by atoms with E-state index in [0.717, 1.165) is 5.92 Å². The van der Waals surface area contributed by atoms with Gasteiger partial charge in [-0.15, -0.1) is 0 Å². The molecule has 0 saturated heterocycles. The lowest BCUT2D eigenvalue weighted by molar-refractivity contribution is 0.100. The third kappa shape index (κ3) is 2.11. The van der Waals surface area contributed by atoms with Crippen molar-refractivity contribution in [1.29, 1.82) is 0 Å². The largest absolute Gasteiger partial charge is 0.306 e. The van der Waals surface area contributed by atoms with Gasteiger partial charge >= 0.3 is 0 Å². The monoisotopic (exact) mass is 271 g/mol. The van der Waals surface area contributed by atoms with E-state index in [1.165, 1.54) is 30.4 Å². The maximum atomic E-state index is 3.98. The van der Waals surface area contributed by atoms with Crippen molar-refractivity contribution in [3.05, 3.63) is 35.4 Å². The average molecular weight is 271 g/mol. The highest BCUT2D eigenvalue weighted by molar-refractivity contribution is 5.24. The van der Waals surface area contributed by atoms with E-state index >= 15 is 0 Å². The molecule has 0 amide bonds. The molecular weight excluding hydrogens is 242 g/mol. The van der Waals surface area contributed by atoms with E-state index in [4.69, 9.17) is 0 Å². The highest BCUT2D eigenvalue weighted by atomic mass is 15.0. The molecule has 0 aromatic heterocycles. The predicted octanol–water partition coefficient (Wildman–Crippen LogP) is 4.86. The molecule has 110 valence electrons. The Morgan fingerprint density at radius 3 is 2.35 bits per heavy atom. The Balaban J connectivity index is 1.78. The van der Waals surface area contributed by atoms with Gasteiger partial charge in [0.15, 0.2) is 0 Å². The Morgan fingerprint density at radius 1 is 1.15 bits per heavy atom. The minimum absolute atomic E-state index is 0.436. The van der Waals surface area contributed by atoms with E-state index in [0.29, 0.717) is 22.9 Å². The van der Waals surface area contributed by atoms with Crippen LogP contribution in [0.1, 0.15) is 64.1 Å². The molecule has 1 N–H and O–H groups in total. The summed E-state index contributed by atoms with van der Waals surface area (Å²) < 4.78 is 0. The summed E-state index contributed by atoms with van der Waals surface area (Å²) in [5.41, 5.74) is 3.70. The first-order valence-corrected chi connectivity index (χ1v) is 8.15. The van der Waals surface area contributed by atoms with Crippen molar-refractivity contribution in [3.8, 4) is 0 Å². The molecule has 1 aromatic carbocycles. The van der Waals surface area contributed by atoms with Crippen LogP contribution in [0.25, 0.3) is 0 Å². The van der Waals surface area contributed by atoms with Crippen molar-refractivity contribution >= 4 is 0 Å². The molecule has 4 atom stereocenters. The summed E-state index contributed by atoms with van der Waals surface area (Å²) in [5, 5.41) is 3.98. The first-order valence-electron chi connectivity index (χ1n) is 8.15. The first-order chi connectivity index (χ1) is 9.33. The molecule has 1 nitrogen and oxygen atoms in total. The second kappa shape index (κ2) is 4.59. The number of hydrogen-bond donors (Lipinski definition) is 1. The van der Waals surface area contributed by atoms with Gasteiger partial charge in [-0.25, -0.2) is 0 Å². The molecule has 2 fully saturated rings. The van der Waals surface area contributed by atoms with Crippen molar-refractivity contribution in [2.75, 3.05) is 0 Å². The molecule has 0 radical (unpaired) electrons. The van der Waals surface area contributed by atoms with Crippen molar-refractivity contribution in [1.82, 2.24) is 5.32 Å². The molecule has 3 rings (SSSR count). The summed E-state index contributed by atoms with van der Waals surface area (Å²) >= 11 is 0. The Morgan fingerprint density at radius 2 is 1.80 bits per heavy atom. The van der Waals surface area contributed by atoms with Crippen molar-refractivity contribution in [2.45, 2.75) is 66.0 Å². The van der Waals surface area contributed by atoms with Gasteiger partial charge in [0.25, 0.3) is 0 Å². The topological polar surface area (TPSA) is 12.0 Å². The zero-order valence-corrected chi connectivity index (χ0v) is 13.7. The van der Waals surface area contributed by atoms with E-state index in [9.17, 15) is 0 Å². The first kappa shape index (κ1) is 14.1. The van der Waals surface area contributed by atoms with Crippen LogP contribution >= 0.6 is 0 Å². The smallest absolute Gasteiger partial charge is 0.0294 e. The molecular formula is C19H29N. The molecule has 1 heteroatoms. The second-order valence-corrected chi connectivity index (χ2v) is 8.15. The molecule has 3 unspecified atom stereocenters. The second-order valence-electron chi connectivity index (χ2n) is 8.15. The van der Waals surface area contributed by atoms with Crippen molar-refractivity contribution < 1.29 is 0 Å². The fourth-order valence-corrected chi connectivity index (χ4v) is 4.92. The number of fused-ring (bicyclic) bond motifs is 2. The average Bonchev–Trinajstić information content (AvgIpc) is 2.86. The van der Waals surface area contributed by atoms with E-state index in [2.05, 4.69) is 64.2 Å². The number of benzene rings is 1. The van der Waals surface area contributed by atoms with Gasteiger partial charge < -0.3 is 5.32 Å². The van der Waals surface area contributed by atoms with Gasteiger partial charge in [0.1, 0.15) is 0 Å². The van der Waals surface area contributed by atoms with Crippen LogP contribution in [0.2, 0.25) is 0 Å². The van der Waals surface area contributed by atoms with Gasteiger partial charge in [0.2, 0.25) is 0 Å². The summed E-state index contributed by atoms with van der Waals surface area (Å²) in [6.45, 7) is 11.9. The lowest BCUT2D eigenvalue weighted by Crippen LogP contribution is -2.50. The molecule has 20 heavy (non-hydrogen) atoms. The predicted molar refractivity (Wildman–Crippen MR) is 85.7 cm³/mol. The van der Waals surface area contributed by atoms with E-state index in [-0.39, 0.29) is 0 Å². The maximum absolute atomic E-state index is 3.98. The fraction of sp³-hybridized carbons (Fsp3) is 0.684. The Hall–Kier alpha value is -0.820. The standard InChI is InChI=1S/C19H29N/c1-13-6-8-15(9-7-13)14(2)20-17-18(3,4)16-10-11-19(17,5)12-16/h6-9,14,16-17,20H,10-12H2,1-5H3/t14-,16?,17?,19?/m0/s1. The number of nitrogens with one attached hydrogen (secondary N) is 1. The molecule has 2 saturated carbocycles.